The molecule has 2 heterocycles. The van der Waals surface area contributed by atoms with Crippen molar-refractivity contribution >= 4 is 17.5 Å². The first kappa shape index (κ1) is 16.2. The van der Waals surface area contributed by atoms with E-state index in [0.29, 0.717) is 11.5 Å². The van der Waals surface area contributed by atoms with Crippen LogP contribution in [0, 0.1) is 0 Å². The maximum absolute atomic E-state index is 12.3. The number of amides is 1. The number of para-hydroxylation sites is 2. The molecule has 126 valence electrons. The minimum Gasteiger partial charge on any atom is -0.489 e. The van der Waals surface area contributed by atoms with Gasteiger partial charge in [-0.05, 0) is 38.8 Å². The minimum absolute atomic E-state index is 0.00240. The van der Waals surface area contributed by atoms with E-state index in [1.54, 1.807) is 12.4 Å². The maximum atomic E-state index is 12.3. The summed E-state index contributed by atoms with van der Waals surface area (Å²) in [5.41, 5.74) is 1.32. The molecule has 0 unspecified atom stereocenters. The summed E-state index contributed by atoms with van der Waals surface area (Å²) >= 11 is 0. The highest BCUT2D eigenvalue weighted by molar-refractivity contribution is 5.93. The third kappa shape index (κ3) is 3.82. The molecule has 0 bridgehead atoms. The summed E-state index contributed by atoms with van der Waals surface area (Å²) in [5.74, 6) is 1.18. The normalized spacial score (nSPS) is 14.0. The van der Waals surface area contributed by atoms with Gasteiger partial charge in [0.2, 0.25) is 5.95 Å². The SMILES string of the molecule is CC(C)Oc1ccccc1Nc1ncc(C(=O)N2CCCC2)cn1. The molecular weight excluding hydrogens is 304 g/mol. The standard InChI is InChI=1S/C18H22N4O2/c1-13(2)24-16-8-4-3-7-15(16)21-18-19-11-14(12-20-18)17(23)22-9-5-6-10-22/h3-4,7-8,11-13H,5-6,9-10H2,1-2H3,(H,19,20,21). The van der Waals surface area contributed by atoms with Gasteiger partial charge in [-0.2, -0.15) is 0 Å². The zero-order valence-corrected chi connectivity index (χ0v) is 14.0. The Morgan fingerprint density at radius 3 is 2.50 bits per heavy atom. The van der Waals surface area contributed by atoms with E-state index in [9.17, 15) is 4.79 Å². The molecule has 1 aliphatic rings. The Bertz CT molecular complexity index is 694. The first-order valence-corrected chi connectivity index (χ1v) is 8.27. The smallest absolute Gasteiger partial charge is 0.256 e. The van der Waals surface area contributed by atoms with Gasteiger partial charge in [-0.25, -0.2) is 9.97 Å². The van der Waals surface area contributed by atoms with E-state index >= 15 is 0 Å². The number of aromatic nitrogens is 2. The number of nitrogens with zero attached hydrogens (tertiary/aromatic N) is 3. The van der Waals surface area contributed by atoms with Gasteiger partial charge in [-0.3, -0.25) is 4.79 Å². The molecule has 0 aliphatic carbocycles. The van der Waals surface area contributed by atoms with Gasteiger partial charge in [-0.15, -0.1) is 0 Å². The number of hydrogen-bond donors (Lipinski definition) is 1. The molecule has 1 aromatic heterocycles. The van der Waals surface area contributed by atoms with E-state index < -0.39 is 0 Å². The van der Waals surface area contributed by atoms with Crippen LogP contribution in [0.25, 0.3) is 0 Å². The minimum atomic E-state index is 0.00240. The van der Waals surface area contributed by atoms with E-state index in [1.807, 2.05) is 43.0 Å². The molecule has 0 radical (unpaired) electrons. The van der Waals surface area contributed by atoms with Crippen molar-refractivity contribution in [3.63, 3.8) is 0 Å². The van der Waals surface area contributed by atoms with Crippen LogP contribution in [-0.4, -0.2) is 40.0 Å². The molecule has 6 nitrogen and oxygen atoms in total. The second-order valence-electron chi connectivity index (χ2n) is 6.08. The van der Waals surface area contributed by atoms with E-state index in [2.05, 4.69) is 15.3 Å². The Kier molecular flexibility index (Phi) is 4.93. The van der Waals surface area contributed by atoms with Crippen molar-refractivity contribution in [2.75, 3.05) is 18.4 Å². The van der Waals surface area contributed by atoms with E-state index in [1.165, 1.54) is 0 Å². The van der Waals surface area contributed by atoms with Crippen LogP contribution in [0.2, 0.25) is 0 Å². The number of benzene rings is 1. The van der Waals surface area contributed by atoms with Crippen molar-refractivity contribution in [3.05, 3.63) is 42.2 Å². The second-order valence-corrected chi connectivity index (χ2v) is 6.08. The average molecular weight is 326 g/mol. The van der Waals surface area contributed by atoms with Gasteiger partial charge in [0, 0.05) is 25.5 Å². The zero-order chi connectivity index (χ0) is 16.9. The molecule has 1 aliphatic heterocycles. The summed E-state index contributed by atoms with van der Waals surface area (Å²) in [5, 5.41) is 3.14. The van der Waals surface area contributed by atoms with Crippen molar-refractivity contribution in [1.82, 2.24) is 14.9 Å². The van der Waals surface area contributed by atoms with Gasteiger partial charge < -0.3 is 15.0 Å². The maximum Gasteiger partial charge on any atom is 0.256 e. The Morgan fingerprint density at radius 1 is 1.17 bits per heavy atom. The lowest BCUT2D eigenvalue weighted by Crippen LogP contribution is -2.27. The number of anilines is 2. The molecule has 6 heteroatoms. The molecule has 1 amide bonds. The number of carbonyl (C=O) groups is 1. The van der Waals surface area contributed by atoms with Crippen LogP contribution in [-0.2, 0) is 0 Å². The third-order valence-corrected chi connectivity index (χ3v) is 3.79. The molecule has 1 fully saturated rings. The Hall–Kier alpha value is -2.63. The van der Waals surface area contributed by atoms with Crippen molar-refractivity contribution in [2.24, 2.45) is 0 Å². The summed E-state index contributed by atoms with van der Waals surface area (Å²) in [4.78, 5) is 22.7. The van der Waals surface area contributed by atoms with Gasteiger partial charge in [0.05, 0.1) is 17.4 Å². The fourth-order valence-electron chi connectivity index (χ4n) is 2.65. The second kappa shape index (κ2) is 7.29. The van der Waals surface area contributed by atoms with Crippen LogP contribution in [0.5, 0.6) is 5.75 Å². The van der Waals surface area contributed by atoms with E-state index in [0.717, 1.165) is 37.4 Å². The number of likely N-dealkylation sites (tertiary alicyclic amines) is 1. The number of carbonyl (C=O) groups excluding carboxylic acids is 1. The lowest BCUT2D eigenvalue weighted by molar-refractivity contribution is 0.0792. The molecule has 2 aromatic rings. The van der Waals surface area contributed by atoms with Crippen LogP contribution in [0.3, 0.4) is 0 Å². The number of rotatable bonds is 5. The topological polar surface area (TPSA) is 67.3 Å². The van der Waals surface area contributed by atoms with Crippen LogP contribution in [0.4, 0.5) is 11.6 Å². The summed E-state index contributed by atoms with van der Waals surface area (Å²) in [7, 11) is 0. The quantitative estimate of drug-likeness (QED) is 0.913. The molecule has 24 heavy (non-hydrogen) atoms. The van der Waals surface area contributed by atoms with Crippen LogP contribution in [0.15, 0.2) is 36.7 Å². The fourth-order valence-corrected chi connectivity index (χ4v) is 2.65. The zero-order valence-electron chi connectivity index (χ0n) is 14.0. The molecule has 0 spiro atoms. The largest absolute Gasteiger partial charge is 0.489 e. The van der Waals surface area contributed by atoms with Crippen molar-refractivity contribution in [2.45, 2.75) is 32.8 Å². The molecule has 0 saturated carbocycles. The van der Waals surface area contributed by atoms with Crippen LogP contribution < -0.4 is 10.1 Å². The summed E-state index contributed by atoms with van der Waals surface area (Å²) in [6.45, 7) is 5.59. The molecular formula is C18H22N4O2. The number of nitrogens with one attached hydrogen (secondary N) is 1. The highest BCUT2D eigenvalue weighted by atomic mass is 16.5. The van der Waals surface area contributed by atoms with Gasteiger partial charge in [0.25, 0.3) is 5.91 Å². The van der Waals surface area contributed by atoms with Gasteiger partial charge in [0.15, 0.2) is 0 Å². The highest BCUT2D eigenvalue weighted by Crippen LogP contribution is 2.27. The number of hydrogen-bond acceptors (Lipinski definition) is 5. The summed E-state index contributed by atoms with van der Waals surface area (Å²) in [6.07, 6.45) is 5.36. The Morgan fingerprint density at radius 2 is 1.83 bits per heavy atom. The highest BCUT2D eigenvalue weighted by Gasteiger charge is 2.20. The molecule has 1 N–H and O–H groups in total. The van der Waals surface area contributed by atoms with Crippen molar-refractivity contribution in [1.29, 1.82) is 0 Å². The Labute approximate surface area is 141 Å². The molecule has 3 rings (SSSR count). The number of ether oxygens (including phenoxy) is 1. The summed E-state index contributed by atoms with van der Waals surface area (Å²) in [6, 6.07) is 7.64. The predicted octanol–water partition coefficient (Wildman–Crippen LogP) is 3.24. The lowest BCUT2D eigenvalue weighted by Gasteiger charge is -2.16. The fraction of sp³-hybridized carbons (Fsp3) is 0.389. The van der Waals surface area contributed by atoms with Crippen molar-refractivity contribution in [3.8, 4) is 5.75 Å². The summed E-state index contributed by atoms with van der Waals surface area (Å²) < 4.78 is 5.77. The van der Waals surface area contributed by atoms with Crippen LogP contribution in [0.1, 0.15) is 37.0 Å². The lowest BCUT2D eigenvalue weighted by atomic mass is 10.3. The first-order valence-electron chi connectivity index (χ1n) is 8.27. The first-order chi connectivity index (χ1) is 11.6. The molecule has 1 aromatic carbocycles. The van der Waals surface area contributed by atoms with Gasteiger partial charge in [0.1, 0.15) is 5.75 Å². The van der Waals surface area contributed by atoms with Gasteiger partial charge >= 0.3 is 0 Å². The average Bonchev–Trinajstić information content (AvgIpc) is 3.11. The third-order valence-electron chi connectivity index (χ3n) is 3.79. The monoisotopic (exact) mass is 326 g/mol. The molecule has 1 saturated heterocycles. The van der Waals surface area contributed by atoms with Gasteiger partial charge in [-0.1, -0.05) is 12.1 Å². The van der Waals surface area contributed by atoms with E-state index in [4.69, 9.17) is 4.74 Å². The van der Waals surface area contributed by atoms with E-state index in [-0.39, 0.29) is 12.0 Å². The Balaban J connectivity index is 1.71. The molecule has 0 atom stereocenters. The van der Waals surface area contributed by atoms with Crippen molar-refractivity contribution < 1.29 is 9.53 Å². The predicted molar refractivity (Wildman–Crippen MR) is 92.7 cm³/mol. The van der Waals surface area contributed by atoms with Crippen LogP contribution >= 0.6 is 0 Å².